The molecule has 2 aromatic carbocycles. The summed E-state index contributed by atoms with van der Waals surface area (Å²) in [7, 11) is 3.55. The number of rotatable bonds is 9. The van der Waals surface area contributed by atoms with Crippen LogP contribution in [0.3, 0.4) is 0 Å². The minimum Gasteiger partial charge on any atom is -0.494 e. The molecule has 0 unspecified atom stereocenters. The molecule has 0 spiro atoms. The van der Waals surface area contributed by atoms with E-state index < -0.39 is 0 Å². The zero-order valence-corrected chi connectivity index (χ0v) is 17.9. The van der Waals surface area contributed by atoms with Crippen LogP contribution in [-0.2, 0) is 16.1 Å². The number of ether oxygens (including phenoxy) is 1. The molecule has 0 radical (unpaired) electrons. The third-order valence-electron chi connectivity index (χ3n) is 4.78. The van der Waals surface area contributed by atoms with Gasteiger partial charge in [-0.05, 0) is 57.6 Å². The molecule has 6 nitrogen and oxygen atoms in total. The van der Waals surface area contributed by atoms with Crippen molar-refractivity contribution in [2.45, 2.75) is 33.4 Å². The van der Waals surface area contributed by atoms with E-state index >= 15 is 0 Å². The van der Waals surface area contributed by atoms with Crippen LogP contribution in [0.25, 0.3) is 0 Å². The van der Waals surface area contributed by atoms with E-state index in [2.05, 4.69) is 5.32 Å². The molecule has 0 saturated carbocycles. The predicted molar refractivity (Wildman–Crippen MR) is 116 cm³/mol. The van der Waals surface area contributed by atoms with Gasteiger partial charge in [0.05, 0.1) is 19.2 Å². The maximum atomic E-state index is 12.7. The number of carbonyl (C=O) groups excluding carboxylic acids is 2. The Labute approximate surface area is 173 Å². The summed E-state index contributed by atoms with van der Waals surface area (Å²) in [6.45, 7) is 7.06. The Kier molecular flexibility index (Phi) is 8.21. The van der Waals surface area contributed by atoms with E-state index in [4.69, 9.17) is 4.74 Å². The monoisotopic (exact) mass is 397 g/mol. The number of amides is 2. The first-order valence-corrected chi connectivity index (χ1v) is 9.83. The Morgan fingerprint density at radius 1 is 1.03 bits per heavy atom. The fraction of sp³-hybridized carbons (Fsp3) is 0.391. The lowest BCUT2D eigenvalue weighted by Gasteiger charge is -2.28. The Morgan fingerprint density at radius 2 is 1.66 bits per heavy atom. The smallest absolute Gasteiger partial charge is 0.243 e. The normalized spacial score (nSPS) is 11.8. The van der Waals surface area contributed by atoms with Crippen LogP contribution < -0.4 is 10.1 Å². The largest absolute Gasteiger partial charge is 0.494 e. The summed E-state index contributed by atoms with van der Waals surface area (Å²) in [5.41, 5.74) is 2.94. The van der Waals surface area contributed by atoms with Crippen molar-refractivity contribution in [3.8, 4) is 5.75 Å². The summed E-state index contributed by atoms with van der Waals surface area (Å²) in [5.74, 6) is 0.519. The fourth-order valence-electron chi connectivity index (χ4n) is 2.92. The molecule has 2 rings (SSSR count). The molecular weight excluding hydrogens is 366 g/mol. The summed E-state index contributed by atoms with van der Waals surface area (Å²) in [4.78, 5) is 28.4. The number of aryl methyl sites for hydroxylation is 1. The summed E-state index contributed by atoms with van der Waals surface area (Å²) < 4.78 is 5.46. The lowest BCUT2D eigenvalue weighted by atomic mass is 10.1. The van der Waals surface area contributed by atoms with Gasteiger partial charge in [0.2, 0.25) is 11.8 Å². The third-order valence-corrected chi connectivity index (χ3v) is 4.78. The van der Waals surface area contributed by atoms with Crippen molar-refractivity contribution in [2.75, 3.05) is 32.6 Å². The average Bonchev–Trinajstić information content (AvgIpc) is 2.70. The lowest BCUT2D eigenvalue weighted by Crippen LogP contribution is -2.46. The highest BCUT2D eigenvalue weighted by Gasteiger charge is 2.23. The molecule has 1 N–H and O–H groups in total. The first-order valence-electron chi connectivity index (χ1n) is 9.83. The van der Waals surface area contributed by atoms with Gasteiger partial charge in [0, 0.05) is 19.3 Å². The zero-order chi connectivity index (χ0) is 21.4. The Balaban J connectivity index is 1.86. The van der Waals surface area contributed by atoms with E-state index in [-0.39, 0.29) is 24.4 Å². The Bertz CT molecular complexity index is 803. The van der Waals surface area contributed by atoms with Crippen LogP contribution in [0.15, 0.2) is 48.5 Å². The second-order valence-electron chi connectivity index (χ2n) is 7.28. The number of benzene rings is 2. The molecule has 0 aliphatic carbocycles. The number of hydrogen-bond donors (Lipinski definition) is 1. The SMILES string of the molecule is CCOc1ccc(CN(C)[C@@H](C)C(=O)N(C)CC(=O)Nc2ccc(C)cc2)cc1. The highest BCUT2D eigenvalue weighted by atomic mass is 16.5. The fourth-order valence-corrected chi connectivity index (χ4v) is 2.92. The van der Waals surface area contributed by atoms with Gasteiger partial charge >= 0.3 is 0 Å². The van der Waals surface area contributed by atoms with Crippen LogP contribution in [0.5, 0.6) is 5.75 Å². The number of anilines is 1. The molecule has 0 aliphatic heterocycles. The maximum Gasteiger partial charge on any atom is 0.243 e. The van der Waals surface area contributed by atoms with E-state index in [1.165, 1.54) is 4.90 Å². The number of likely N-dealkylation sites (N-methyl/N-ethyl adjacent to an activating group) is 2. The molecule has 2 aromatic rings. The van der Waals surface area contributed by atoms with Crippen LogP contribution in [0.2, 0.25) is 0 Å². The van der Waals surface area contributed by atoms with Crippen LogP contribution >= 0.6 is 0 Å². The van der Waals surface area contributed by atoms with Gasteiger partial charge in [-0.15, -0.1) is 0 Å². The lowest BCUT2D eigenvalue weighted by molar-refractivity contribution is -0.137. The molecular formula is C23H31N3O3. The van der Waals surface area contributed by atoms with E-state index in [9.17, 15) is 9.59 Å². The predicted octanol–water partition coefficient (Wildman–Crippen LogP) is 3.31. The molecule has 0 aliphatic rings. The second kappa shape index (κ2) is 10.6. The first-order chi connectivity index (χ1) is 13.8. The molecule has 29 heavy (non-hydrogen) atoms. The van der Waals surface area contributed by atoms with E-state index in [1.54, 1.807) is 7.05 Å². The zero-order valence-electron chi connectivity index (χ0n) is 17.9. The topological polar surface area (TPSA) is 61.9 Å². The van der Waals surface area contributed by atoms with Crippen molar-refractivity contribution in [1.82, 2.24) is 9.80 Å². The summed E-state index contributed by atoms with van der Waals surface area (Å²) >= 11 is 0. The summed E-state index contributed by atoms with van der Waals surface area (Å²) in [5, 5.41) is 2.82. The molecule has 6 heteroatoms. The highest BCUT2D eigenvalue weighted by Crippen LogP contribution is 2.15. The minimum absolute atomic E-state index is 0.00788. The van der Waals surface area contributed by atoms with Gasteiger partial charge in [0.25, 0.3) is 0 Å². The maximum absolute atomic E-state index is 12.7. The summed E-state index contributed by atoms with van der Waals surface area (Å²) in [6.07, 6.45) is 0. The van der Waals surface area contributed by atoms with Crippen molar-refractivity contribution in [2.24, 2.45) is 0 Å². The average molecular weight is 398 g/mol. The van der Waals surface area contributed by atoms with Crippen molar-refractivity contribution in [3.63, 3.8) is 0 Å². The molecule has 0 aromatic heterocycles. The molecule has 0 bridgehead atoms. The van der Waals surface area contributed by atoms with Crippen LogP contribution in [0.4, 0.5) is 5.69 Å². The third kappa shape index (κ3) is 6.91. The second-order valence-corrected chi connectivity index (χ2v) is 7.28. The molecule has 0 heterocycles. The van der Waals surface area contributed by atoms with Crippen molar-refractivity contribution in [3.05, 3.63) is 59.7 Å². The van der Waals surface area contributed by atoms with Crippen molar-refractivity contribution >= 4 is 17.5 Å². The van der Waals surface area contributed by atoms with Gasteiger partial charge in [-0.25, -0.2) is 0 Å². The van der Waals surface area contributed by atoms with Crippen molar-refractivity contribution < 1.29 is 14.3 Å². The van der Waals surface area contributed by atoms with E-state index in [0.29, 0.717) is 13.2 Å². The van der Waals surface area contributed by atoms with Crippen LogP contribution in [-0.4, -0.2) is 54.9 Å². The van der Waals surface area contributed by atoms with Gasteiger partial charge in [-0.1, -0.05) is 29.8 Å². The van der Waals surface area contributed by atoms with Crippen LogP contribution in [0, 0.1) is 6.92 Å². The van der Waals surface area contributed by atoms with Gasteiger partial charge in [-0.3, -0.25) is 14.5 Å². The molecule has 156 valence electrons. The molecule has 0 fully saturated rings. The molecule has 0 saturated heterocycles. The number of nitrogens with one attached hydrogen (secondary N) is 1. The standard InChI is InChI=1S/C23H31N3O3/c1-6-29-21-13-9-19(10-14-21)15-25(4)18(3)23(28)26(5)16-22(27)24-20-11-7-17(2)8-12-20/h7-14,18H,6,15-16H2,1-5H3,(H,24,27)/t18-/m0/s1. The van der Waals surface area contributed by atoms with Gasteiger partial charge < -0.3 is 15.0 Å². The molecule has 1 atom stereocenters. The number of carbonyl (C=O) groups is 2. The molecule has 2 amide bonds. The van der Waals surface area contributed by atoms with E-state index in [0.717, 1.165) is 22.6 Å². The number of nitrogens with zero attached hydrogens (tertiary/aromatic N) is 2. The first kappa shape index (κ1) is 22.4. The van der Waals surface area contributed by atoms with Gasteiger partial charge in [0.15, 0.2) is 0 Å². The van der Waals surface area contributed by atoms with Crippen LogP contribution in [0.1, 0.15) is 25.0 Å². The van der Waals surface area contributed by atoms with Gasteiger partial charge in [0.1, 0.15) is 5.75 Å². The van der Waals surface area contributed by atoms with E-state index in [1.807, 2.05) is 81.2 Å². The highest BCUT2D eigenvalue weighted by molar-refractivity contribution is 5.95. The Hall–Kier alpha value is -2.86. The number of hydrogen-bond acceptors (Lipinski definition) is 4. The summed E-state index contributed by atoms with van der Waals surface area (Å²) in [6, 6.07) is 15.1. The van der Waals surface area contributed by atoms with Crippen molar-refractivity contribution in [1.29, 1.82) is 0 Å². The quantitative estimate of drug-likeness (QED) is 0.705. The minimum atomic E-state index is -0.348. The van der Waals surface area contributed by atoms with Gasteiger partial charge in [-0.2, -0.15) is 0 Å². The Morgan fingerprint density at radius 3 is 2.24 bits per heavy atom.